The molecule has 2 aromatic rings. The van der Waals surface area contributed by atoms with Crippen molar-refractivity contribution in [1.82, 2.24) is 9.88 Å². The minimum atomic E-state index is -0.400. The van der Waals surface area contributed by atoms with Crippen LogP contribution in [0.4, 0.5) is 10.6 Å². The van der Waals surface area contributed by atoms with Crippen molar-refractivity contribution >= 4 is 11.8 Å². The number of aromatic nitrogens is 1. The van der Waals surface area contributed by atoms with Crippen molar-refractivity contribution in [3.05, 3.63) is 60.3 Å². The Kier molecular flexibility index (Phi) is 3.58. The minimum Gasteiger partial charge on any atom is -0.370 e. The number of nitrogens with zero attached hydrogens (tertiary/aromatic N) is 2. The molecule has 0 aliphatic carbocycles. The highest BCUT2D eigenvalue weighted by Gasteiger charge is 2.47. The third-order valence-electron chi connectivity index (χ3n) is 3.77. The molecule has 0 bridgehead atoms. The number of hydrogen-bond donors (Lipinski definition) is 1. The zero-order valence-electron chi connectivity index (χ0n) is 11.8. The number of methoxy groups -OCH3 is 1. The molecule has 1 saturated heterocycles. The molecule has 1 aliphatic rings. The van der Waals surface area contributed by atoms with Crippen molar-refractivity contribution in [2.45, 2.75) is 5.60 Å². The molecule has 2 amide bonds. The summed E-state index contributed by atoms with van der Waals surface area (Å²) in [5, 5.41) is 2.78. The molecule has 1 aliphatic heterocycles. The number of hydrogen-bond acceptors (Lipinski definition) is 3. The van der Waals surface area contributed by atoms with Gasteiger partial charge in [0.05, 0.1) is 13.1 Å². The number of benzene rings is 1. The molecule has 0 atom stereocenters. The molecule has 21 heavy (non-hydrogen) atoms. The Balaban J connectivity index is 1.65. The van der Waals surface area contributed by atoms with Gasteiger partial charge in [-0.2, -0.15) is 0 Å². The summed E-state index contributed by atoms with van der Waals surface area (Å²) in [6.45, 7) is 1.07. The van der Waals surface area contributed by atoms with E-state index in [0.29, 0.717) is 18.9 Å². The first-order chi connectivity index (χ1) is 10.2. The van der Waals surface area contributed by atoms with Gasteiger partial charge in [0.15, 0.2) is 0 Å². The van der Waals surface area contributed by atoms with Gasteiger partial charge in [0.2, 0.25) is 0 Å². The first kappa shape index (κ1) is 13.6. The summed E-state index contributed by atoms with van der Waals surface area (Å²) in [6.07, 6.45) is 1.65. The lowest BCUT2D eigenvalue weighted by Gasteiger charge is -2.49. The largest absolute Gasteiger partial charge is 0.370 e. The number of likely N-dealkylation sites (tertiary alicyclic amines) is 1. The number of urea groups is 1. The number of rotatable bonds is 3. The van der Waals surface area contributed by atoms with Crippen molar-refractivity contribution in [2.75, 3.05) is 25.5 Å². The smallest absolute Gasteiger partial charge is 0.323 e. The van der Waals surface area contributed by atoms with Crippen LogP contribution in [0.2, 0.25) is 0 Å². The maximum atomic E-state index is 12.1. The van der Waals surface area contributed by atoms with Crippen molar-refractivity contribution in [2.24, 2.45) is 0 Å². The average Bonchev–Trinajstić information content (AvgIpc) is 2.49. The van der Waals surface area contributed by atoms with E-state index in [-0.39, 0.29) is 6.03 Å². The Morgan fingerprint density at radius 3 is 2.52 bits per heavy atom. The second-order valence-corrected chi connectivity index (χ2v) is 5.07. The van der Waals surface area contributed by atoms with Gasteiger partial charge < -0.3 is 9.64 Å². The maximum Gasteiger partial charge on any atom is 0.323 e. The van der Waals surface area contributed by atoms with Crippen LogP contribution < -0.4 is 5.32 Å². The average molecular weight is 283 g/mol. The summed E-state index contributed by atoms with van der Waals surface area (Å²) in [5.41, 5.74) is 0.692. The Bertz CT molecular complexity index is 610. The maximum absolute atomic E-state index is 12.1. The predicted molar refractivity (Wildman–Crippen MR) is 80.0 cm³/mol. The van der Waals surface area contributed by atoms with E-state index >= 15 is 0 Å². The highest BCUT2D eigenvalue weighted by molar-refractivity contribution is 5.89. The number of nitrogens with one attached hydrogen (secondary N) is 1. The van der Waals surface area contributed by atoms with Gasteiger partial charge in [-0.1, -0.05) is 36.4 Å². The van der Waals surface area contributed by atoms with Gasteiger partial charge in [-0.3, -0.25) is 5.32 Å². The highest BCUT2D eigenvalue weighted by Crippen LogP contribution is 2.35. The fourth-order valence-electron chi connectivity index (χ4n) is 2.51. The zero-order valence-corrected chi connectivity index (χ0v) is 11.8. The highest BCUT2D eigenvalue weighted by atomic mass is 16.5. The van der Waals surface area contributed by atoms with Crippen LogP contribution in [0.5, 0.6) is 0 Å². The van der Waals surface area contributed by atoms with Crippen LogP contribution in [0.25, 0.3) is 0 Å². The SMILES string of the molecule is COC1(c2ccccc2)CN(C(=O)Nc2ccccn2)C1. The second-order valence-electron chi connectivity index (χ2n) is 5.07. The quantitative estimate of drug-likeness (QED) is 0.941. The van der Waals surface area contributed by atoms with E-state index in [1.807, 2.05) is 42.5 Å². The number of pyridine rings is 1. The summed E-state index contributed by atoms with van der Waals surface area (Å²) in [5.74, 6) is 0.553. The van der Waals surface area contributed by atoms with Gasteiger partial charge in [0, 0.05) is 13.3 Å². The van der Waals surface area contributed by atoms with E-state index in [2.05, 4.69) is 10.3 Å². The molecule has 0 unspecified atom stereocenters. The molecule has 108 valence electrons. The van der Waals surface area contributed by atoms with Gasteiger partial charge in [0.25, 0.3) is 0 Å². The van der Waals surface area contributed by atoms with Crippen molar-refractivity contribution in [3.8, 4) is 0 Å². The summed E-state index contributed by atoms with van der Waals surface area (Å²) in [6, 6.07) is 15.2. The van der Waals surface area contributed by atoms with Crippen LogP contribution in [0.1, 0.15) is 5.56 Å². The van der Waals surface area contributed by atoms with Crippen LogP contribution in [0, 0.1) is 0 Å². The number of carbonyl (C=O) groups is 1. The van der Waals surface area contributed by atoms with E-state index in [4.69, 9.17) is 4.74 Å². The molecule has 5 heteroatoms. The Labute approximate surface area is 123 Å². The van der Waals surface area contributed by atoms with E-state index in [9.17, 15) is 4.79 Å². The van der Waals surface area contributed by atoms with Crippen LogP contribution in [-0.4, -0.2) is 36.1 Å². The topological polar surface area (TPSA) is 54.5 Å². The molecule has 1 aromatic carbocycles. The van der Waals surface area contributed by atoms with Crippen LogP contribution >= 0.6 is 0 Å². The molecule has 1 N–H and O–H groups in total. The Morgan fingerprint density at radius 1 is 1.19 bits per heavy atom. The zero-order chi connectivity index (χ0) is 14.7. The fourth-order valence-corrected chi connectivity index (χ4v) is 2.51. The number of carbonyl (C=O) groups excluding carboxylic acids is 1. The summed E-state index contributed by atoms with van der Waals surface area (Å²) in [7, 11) is 1.68. The molecule has 0 radical (unpaired) electrons. The first-order valence-corrected chi connectivity index (χ1v) is 6.81. The fraction of sp³-hybridized carbons (Fsp3) is 0.250. The monoisotopic (exact) mass is 283 g/mol. The molecule has 1 fully saturated rings. The minimum absolute atomic E-state index is 0.155. The van der Waals surface area contributed by atoms with Crippen molar-refractivity contribution < 1.29 is 9.53 Å². The van der Waals surface area contributed by atoms with E-state index in [1.165, 1.54) is 0 Å². The third-order valence-corrected chi connectivity index (χ3v) is 3.77. The lowest BCUT2D eigenvalue weighted by molar-refractivity contribution is -0.109. The normalized spacial score (nSPS) is 16.1. The summed E-state index contributed by atoms with van der Waals surface area (Å²) < 4.78 is 5.65. The number of anilines is 1. The van der Waals surface area contributed by atoms with Gasteiger partial charge in [0.1, 0.15) is 11.4 Å². The molecular weight excluding hydrogens is 266 g/mol. The number of ether oxygens (including phenoxy) is 1. The van der Waals surface area contributed by atoms with Gasteiger partial charge >= 0.3 is 6.03 Å². The third kappa shape index (κ3) is 2.60. The summed E-state index contributed by atoms with van der Waals surface area (Å²) in [4.78, 5) is 17.9. The molecule has 0 spiro atoms. The van der Waals surface area contributed by atoms with Gasteiger partial charge in [-0.05, 0) is 17.7 Å². The van der Waals surface area contributed by atoms with Crippen LogP contribution in [0.15, 0.2) is 54.7 Å². The van der Waals surface area contributed by atoms with E-state index < -0.39 is 5.60 Å². The lowest BCUT2D eigenvalue weighted by Crippen LogP contribution is -2.63. The van der Waals surface area contributed by atoms with Gasteiger partial charge in [-0.15, -0.1) is 0 Å². The van der Waals surface area contributed by atoms with Crippen LogP contribution in [-0.2, 0) is 10.3 Å². The second kappa shape index (κ2) is 5.54. The van der Waals surface area contributed by atoms with E-state index in [1.54, 1.807) is 24.3 Å². The molecule has 1 aromatic heterocycles. The van der Waals surface area contributed by atoms with Gasteiger partial charge in [-0.25, -0.2) is 9.78 Å². The molecule has 5 nitrogen and oxygen atoms in total. The Hall–Kier alpha value is -2.40. The standard InChI is InChI=1S/C16H17N3O2/c1-21-16(13-7-3-2-4-8-13)11-19(12-16)15(20)18-14-9-5-6-10-17-14/h2-10H,11-12H2,1H3,(H,17,18,20). The molecular formula is C16H17N3O2. The molecule has 3 rings (SSSR count). The first-order valence-electron chi connectivity index (χ1n) is 6.81. The van der Waals surface area contributed by atoms with Crippen LogP contribution in [0.3, 0.4) is 0 Å². The van der Waals surface area contributed by atoms with Crippen molar-refractivity contribution in [1.29, 1.82) is 0 Å². The van der Waals surface area contributed by atoms with Crippen molar-refractivity contribution in [3.63, 3.8) is 0 Å². The number of amides is 2. The predicted octanol–water partition coefficient (Wildman–Crippen LogP) is 2.47. The Morgan fingerprint density at radius 2 is 1.90 bits per heavy atom. The summed E-state index contributed by atoms with van der Waals surface area (Å²) >= 11 is 0. The molecule has 0 saturated carbocycles. The lowest BCUT2D eigenvalue weighted by atomic mass is 9.86. The van der Waals surface area contributed by atoms with E-state index in [0.717, 1.165) is 5.56 Å². The molecule has 2 heterocycles.